The second-order valence-electron chi connectivity index (χ2n) is 9.45. The predicted octanol–water partition coefficient (Wildman–Crippen LogP) is 5.14. The zero-order valence-electron chi connectivity index (χ0n) is 23.3. The highest BCUT2D eigenvalue weighted by Crippen LogP contribution is 2.24. The molecule has 41 heavy (non-hydrogen) atoms. The van der Waals surface area contributed by atoms with Crippen LogP contribution in [0.1, 0.15) is 41.3 Å². The number of hydrogen-bond donors (Lipinski definition) is 4. The van der Waals surface area contributed by atoms with Crippen LogP contribution < -0.4 is 10.6 Å². The summed E-state index contributed by atoms with van der Waals surface area (Å²) in [5, 5.41) is 7.64. The molecular weight excluding hydrogens is 560 g/mol. The van der Waals surface area contributed by atoms with Gasteiger partial charge in [-0.1, -0.05) is 121 Å². The molecule has 0 amide bonds. The number of rotatable bonds is 9. The van der Waals surface area contributed by atoms with Crippen molar-refractivity contribution >= 4 is 20.2 Å². The van der Waals surface area contributed by atoms with E-state index in [1.807, 2.05) is 0 Å². The van der Waals surface area contributed by atoms with Crippen molar-refractivity contribution in [1.82, 2.24) is 10.6 Å². The van der Waals surface area contributed by atoms with Crippen LogP contribution in [0, 0.1) is 0 Å². The Kier molecular flexibility index (Phi) is 13.8. The highest BCUT2D eigenvalue weighted by atomic mass is 32.2. The molecular formula is C31H38N2O6S2. The molecule has 8 nitrogen and oxygen atoms in total. The Morgan fingerprint density at radius 3 is 1.05 bits per heavy atom. The molecule has 10 heteroatoms. The van der Waals surface area contributed by atoms with Crippen molar-refractivity contribution in [2.24, 2.45) is 0 Å². The highest BCUT2D eigenvalue weighted by Gasteiger charge is 2.18. The van der Waals surface area contributed by atoms with E-state index >= 15 is 0 Å². The summed E-state index contributed by atoms with van der Waals surface area (Å²) < 4.78 is 51.7. The first-order valence-corrected chi connectivity index (χ1v) is 16.5. The van der Waals surface area contributed by atoms with Gasteiger partial charge in [0.05, 0.1) is 24.6 Å². The van der Waals surface area contributed by atoms with Gasteiger partial charge in [-0.05, 0) is 29.2 Å². The third-order valence-electron chi connectivity index (χ3n) is 5.61. The first kappa shape index (κ1) is 33.8. The Labute approximate surface area is 244 Å². The van der Waals surface area contributed by atoms with Gasteiger partial charge in [0.1, 0.15) is 0 Å². The zero-order chi connectivity index (χ0) is 30.3. The Hall–Kier alpha value is -3.38. The molecule has 4 N–H and O–H groups in total. The van der Waals surface area contributed by atoms with Gasteiger partial charge in [0.2, 0.25) is 0 Å². The molecule has 0 fully saturated rings. The van der Waals surface area contributed by atoms with Gasteiger partial charge in [0.25, 0.3) is 20.2 Å². The normalized spacial score (nSPS) is 12.1. The molecule has 4 rings (SSSR count). The maximum Gasteiger partial charge on any atom is 0.261 e. The smallest absolute Gasteiger partial charge is 0.261 e. The van der Waals surface area contributed by atoms with Gasteiger partial charge in [-0.2, -0.15) is 16.8 Å². The molecule has 0 heterocycles. The van der Waals surface area contributed by atoms with Crippen LogP contribution in [0.2, 0.25) is 0 Å². The molecule has 0 aliphatic rings. The van der Waals surface area contributed by atoms with Crippen LogP contribution in [0.3, 0.4) is 0 Å². The molecule has 0 aromatic heterocycles. The van der Waals surface area contributed by atoms with Crippen molar-refractivity contribution in [2.45, 2.75) is 25.0 Å². The van der Waals surface area contributed by atoms with Crippen molar-refractivity contribution in [3.8, 4) is 0 Å². The van der Waals surface area contributed by atoms with Crippen LogP contribution in [0.15, 0.2) is 121 Å². The van der Waals surface area contributed by atoms with Gasteiger partial charge in [-0.15, -0.1) is 0 Å². The van der Waals surface area contributed by atoms with Crippen molar-refractivity contribution in [2.75, 3.05) is 19.1 Å². The van der Waals surface area contributed by atoms with Gasteiger partial charge in [0.15, 0.2) is 0 Å². The molecule has 0 saturated heterocycles. The lowest BCUT2D eigenvalue weighted by Gasteiger charge is -2.27. The van der Waals surface area contributed by atoms with Crippen LogP contribution in [0.5, 0.6) is 0 Å². The Morgan fingerprint density at radius 1 is 0.537 bits per heavy atom. The number of hydrogen-bond acceptors (Lipinski definition) is 6. The van der Waals surface area contributed by atoms with E-state index in [9.17, 15) is 16.8 Å². The molecule has 0 radical (unpaired) electrons. The van der Waals surface area contributed by atoms with E-state index in [0.29, 0.717) is 12.5 Å². The summed E-state index contributed by atoms with van der Waals surface area (Å²) >= 11 is 0. The molecule has 220 valence electrons. The standard InChI is InChI=1S/C29H30N2.2CH4O3S/c1-23(31-29(26-18-10-4-11-19-26)27-20-12-5-13-21-27)22-30-28(24-14-6-2-7-15-24)25-16-8-3-9-17-25;2*1-5(2,3)4/h2-21,23,28-31H,22H2,1H3;2*1H3,(H,2,3,4). The van der Waals surface area contributed by atoms with E-state index in [1.165, 1.54) is 22.3 Å². The van der Waals surface area contributed by atoms with Crippen molar-refractivity contribution < 1.29 is 25.9 Å². The quantitative estimate of drug-likeness (QED) is 0.195. The third-order valence-corrected chi connectivity index (χ3v) is 5.61. The maximum atomic E-state index is 9.19. The van der Waals surface area contributed by atoms with E-state index in [-0.39, 0.29) is 18.1 Å². The summed E-state index contributed by atoms with van der Waals surface area (Å²) in [6.07, 6.45) is 1.43. The fourth-order valence-electron chi connectivity index (χ4n) is 4.03. The third kappa shape index (κ3) is 15.3. The predicted molar refractivity (Wildman–Crippen MR) is 165 cm³/mol. The molecule has 1 atom stereocenters. The second kappa shape index (κ2) is 16.8. The van der Waals surface area contributed by atoms with Crippen molar-refractivity contribution in [3.05, 3.63) is 144 Å². The van der Waals surface area contributed by atoms with Gasteiger partial charge in [-0.3, -0.25) is 9.11 Å². The first-order chi connectivity index (χ1) is 19.3. The lowest BCUT2D eigenvalue weighted by Crippen LogP contribution is -2.40. The average Bonchev–Trinajstić information content (AvgIpc) is 2.92. The molecule has 0 spiro atoms. The largest absolute Gasteiger partial charge is 0.305 e. The summed E-state index contributed by atoms with van der Waals surface area (Å²) in [7, 11) is -7.33. The molecule has 0 aliphatic carbocycles. The van der Waals surface area contributed by atoms with Gasteiger partial charge in [0, 0.05) is 12.6 Å². The van der Waals surface area contributed by atoms with E-state index in [0.717, 1.165) is 6.54 Å². The average molecular weight is 599 g/mol. The lowest BCUT2D eigenvalue weighted by atomic mass is 9.97. The minimum absolute atomic E-state index is 0.158. The van der Waals surface area contributed by atoms with Gasteiger partial charge in [-0.25, -0.2) is 0 Å². The van der Waals surface area contributed by atoms with E-state index in [4.69, 9.17) is 9.11 Å². The lowest BCUT2D eigenvalue weighted by molar-refractivity contribution is 0.450. The molecule has 4 aromatic rings. The topological polar surface area (TPSA) is 133 Å². The second-order valence-corrected chi connectivity index (χ2v) is 12.4. The van der Waals surface area contributed by atoms with Crippen LogP contribution in [-0.4, -0.2) is 51.0 Å². The highest BCUT2D eigenvalue weighted by molar-refractivity contribution is 7.85. The fourth-order valence-corrected chi connectivity index (χ4v) is 4.03. The molecule has 1 unspecified atom stereocenters. The Bertz CT molecular complexity index is 1360. The Morgan fingerprint density at radius 2 is 0.780 bits per heavy atom. The van der Waals surface area contributed by atoms with Crippen LogP contribution in [0.4, 0.5) is 0 Å². The van der Waals surface area contributed by atoms with E-state index in [1.54, 1.807) is 0 Å². The summed E-state index contributed by atoms with van der Waals surface area (Å²) in [4.78, 5) is 0. The van der Waals surface area contributed by atoms with Gasteiger partial charge >= 0.3 is 0 Å². The van der Waals surface area contributed by atoms with E-state index < -0.39 is 20.2 Å². The monoisotopic (exact) mass is 598 g/mol. The summed E-state index contributed by atoms with van der Waals surface area (Å²) in [5.41, 5.74) is 5.12. The molecule has 0 aliphatic heterocycles. The first-order valence-electron chi connectivity index (χ1n) is 12.9. The Balaban J connectivity index is 0.000000507. The number of nitrogens with one attached hydrogen (secondary N) is 2. The minimum Gasteiger partial charge on any atom is -0.305 e. The van der Waals surface area contributed by atoms with Crippen molar-refractivity contribution in [1.29, 1.82) is 0 Å². The summed E-state index contributed by atoms with van der Waals surface area (Å²) in [5.74, 6) is 0. The van der Waals surface area contributed by atoms with Gasteiger partial charge < -0.3 is 10.6 Å². The van der Waals surface area contributed by atoms with Crippen LogP contribution >= 0.6 is 0 Å². The van der Waals surface area contributed by atoms with E-state index in [2.05, 4.69) is 139 Å². The summed E-state index contributed by atoms with van der Waals surface area (Å²) in [6, 6.07) is 43.3. The van der Waals surface area contributed by atoms with Crippen LogP contribution in [0.25, 0.3) is 0 Å². The zero-order valence-corrected chi connectivity index (χ0v) is 25.0. The number of benzene rings is 4. The molecule has 4 aromatic carbocycles. The van der Waals surface area contributed by atoms with Crippen molar-refractivity contribution in [3.63, 3.8) is 0 Å². The SMILES string of the molecule is CC(CNC(c1ccccc1)c1ccccc1)NC(c1ccccc1)c1ccccc1.CS(=O)(=O)O.CS(=O)(=O)O. The van der Waals surface area contributed by atoms with Crippen LogP contribution in [-0.2, 0) is 20.2 Å². The molecule has 0 saturated carbocycles. The minimum atomic E-state index is -3.67. The summed E-state index contributed by atoms with van der Waals surface area (Å²) in [6.45, 7) is 3.10. The fraction of sp³-hybridized carbons (Fsp3) is 0.226. The molecule has 0 bridgehead atoms. The maximum absolute atomic E-state index is 9.19.